The van der Waals surface area contributed by atoms with Crippen LogP contribution in [0.3, 0.4) is 0 Å². The summed E-state index contributed by atoms with van der Waals surface area (Å²) in [6.07, 6.45) is 0.995. The molecule has 1 saturated heterocycles. The van der Waals surface area contributed by atoms with Crippen molar-refractivity contribution in [1.29, 1.82) is 0 Å². The van der Waals surface area contributed by atoms with Gasteiger partial charge in [0.1, 0.15) is 0 Å². The first-order valence-corrected chi connectivity index (χ1v) is 6.09. The normalized spacial score (nSPS) is 20.1. The number of likely N-dealkylation sites (N-methyl/N-ethyl adjacent to an activating group) is 1. The lowest BCUT2D eigenvalue weighted by atomic mass is 10.1. The molecular formula is C12H16ClN3O2. The number of nitrogens with two attached hydrogens (primary N) is 1. The lowest BCUT2D eigenvalue weighted by Crippen LogP contribution is -2.32. The van der Waals surface area contributed by atoms with E-state index in [9.17, 15) is 0 Å². The molecule has 98 valence electrons. The highest BCUT2D eigenvalue weighted by Gasteiger charge is 2.22. The van der Waals surface area contributed by atoms with Gasteiger partial charge in [0.2, 0.25) is 0 Å². The van der Waals surface area contributed by atoms with Crippen molar-refractivity contribution in [2.24, 2.45) is 10.9 Å². The van der Waals surface area contributed by atoms with Crippen molar-refractivity contribution in [3.8, 4) is 0 Å². The van der Waals surface area contributed by atoms with Crippen molar-refractivity contribution < 1.29 is 9.94 Å². The Kier molecular flexibility index (Phi) is 3.93. The molecule has 0 radical (unpaired) electrons. The van der Waals surface area contributed by atoms with Crippen LogP contribution in [0.1, 0.15) is 12.0 Å². The Hall–Kier alpha value is -1.46. The first-order chi connectivity index (χ1) is 8.63. The molecule has 1 atom stereocenters. The second-order valence-electron chi connectivity index (χ2n) is 4.28. The third-order valence-corrected chi connectivity index (χ3v) is 3.49. The number of amidine groups is 1. The van der Waals surface area contributed by atoms with Gasteiger partial charge in [0.25, 0.3) is 0 Å². The van der Waals surface area contributed by atoms with E-state index in [1.54, 1.807) is 12.1 Å². The van der Waals surface area contributed by atoms with Crippen LogP contribution in [-0.4, -0.2) is 37.3 Å². The Morgan fingerprint density at radius 1 is 1.61 bits per heavy atom. The summed E-state index contributed by atoms with van der Waals surface area (Å²) < 4.78 is 5.36. The van der Waals surface area contributed by atoms with Crippen molar-refractivity contribution in [2.45, 2.75) is 12.5 Å². The van der Waals surface area contributed by atoms with Gasteiger partial charge in [0.05, 0.1) is 23.4 Å². The first kappa shape index (κ1) is 13.0. The number of halogens is 1. The third-order valence-electron chi connectivity index (χ3n) is 3.18. The largest absolute Gasteiger partial charge is 0.409 e. The van der Waals surface area contributed by atoms with Crippen molar-refractivity contribution in [1.82, 2.24) is 0 Å². The molecule has 1 aliphatic heterocycles. The molecule has 3 N–H and O–H groups in total. The average molecular weight is 270 g/mol. The van der Waals surface area contributed by atoms with Crippen molar-refractivity contribution in [3.63, 3.8) is 0 Å². The fourth-order valence-corrected chi connectivity index (χ4v) is 2.35. The smallest absolute Gasteiger partial charge is 0.170 e. The van der Waals surface area contributed by atoms with Crippen molar-refractivity contribution >= 4 is 23.1 Å². The van der Waals surface area contributed by atoms with E-state index < -0.39 is 0 Å². The molecule has 1 unspecified atom stereocenters. The molecule has 18 heavy (non-hydrogen) atoms. The van der Waals surface area contributed by atoms with Crippen LogP contribution < -0.4 is 10.6 Å². The van der Waals surface area contributed by atoms with E-state index in [2.05, 4.69) is 10.1 Å². The standard InChI is InChI=1S/C12H16ClN3O2/c1-16(9-4-5-18-7-9)11-3-2-8(6-10(11)13)12(14)15-17/h2-3,6,9,17H,4-5,7H2,1H3,(H2,14,15). The Bertz CT molecular complexity index is 459. The summed E-state index contributed by atoms with van der Waals surface area (Å²) in [5, 5.41) is 12.2. The maximum atomic E-state index is 8.62. The third kappa shape index (κ3) is 2.52. The molecule has 2 rings (SSSR count). The molecule has 1 heterocycles. The highest BCUT2D eigenvalue weighted by Crippen LogP contribution is 2.29. The van der Waals surface area contributed by atoms with Gasteiger partial charge in [-0.25, -0.2) is 0 Å². The molecule has 1 aliphatic rings. The van der Waals surface area contributed by atoms with Crippen LogP contribution in [-0.2, 0) is 4.74 Å². The number of oxime groups is 1. The molecule has 0 amide bonds. The van der Waals surface area contributed by atoms with Crippen LogP contribution in [0.25, 0.3) is 0 Å². The number of hydrogen-bond donors (Lipinski definition) is 2. The van der Waals surface area contributed by atoms with E-state index in [-0.39, 0.29) is 5.84 Å². The maximum Gasteiger partial charge on any atom is 0.170 e. The number of nitrogens with zero attached hydrogens (tertiary/aromatic N) is 2. The maximum absolute atomic E-state index is 8.62. The van der Waals surface area contributed by atoms with Gasteiger partial charge in [-0.3, -0.25) is 0 Å². The molecule has 1 fully saturated rings. The Morgan fingerprint density at radius 3 is 2.94 bits per heavy atom. The number of ether oxygens (including phenoxy) is 1. The highest BCUT2D eigenvalue weighted by molar-refractivity contribution is 6.33. The molecule has 0 aliphatic carbocycles. The fraction of sp³-hybridized carbons (Fsp3) is 0.417. The summed E-state index contributed by atoms with van der Waals surface area (Å²) in [4.78, 5) is 2.10. The van der Waals surface area contributed by atoms with E-state index >= 15 is 0 Å². The summed E-state index contributed by atoms with van der Waals surface area (Å²) in [5.74, 6) is 0.0512. The zero-order chi connectivity index (χ0) is 13.1. The zero-order valence-corrected chi connectivity index (χ0v) is 10.9. The predicted molar refractivity (Wildman–Crippen MR) is 71.6 cm³/mol. The molecule has 0 saturated carbocycles. The summed E-state index contributed by atoms with van der Waals surface area (Å²) in [6.45, 7) is 1.50. The molecule has 6 heteroatoms. The average Bonchev–Trinajstić information content (AvgIpc) is 2.90. The van der Waals surface area contributed by atoms with Crippen LogP contribution in [0.5, 0.6) is 0 Å². The molecule has 1 aromatic rings. The number of rotatable bonds is 3. The summed E-state index contributed by atoms with van der Waals surface area (Å²) in [6, 6.07) is 5.69. The lowest BCUT2D eigenvalue weighted by Gasteiger charge is -2.26. The van der Waals surface area contributed by atoms with Gasteiger partial charge in [0, 0.05) is 19.2 Å². The van der Waals surface area contributed by atoms with Crippen LogP contribution >= 0.6 is 11.6 Å². The van der Waals surface area contributed by atoms with Crippen LogP contribution in [0.4, 0.5) is 5.69 Å². The topological polar surface area (TPSA) is 71.1 Å². The molecule has 5 nitrogen and oxygen atoms in total. The molecular weight excluding hydrogens is 254 g/mol. The SMILES string of the molecule is CN(c1ccc(/C(N)=N/O)cc1Cl)C1CCOC1. The van der Waals surface area contributed by atoms with E-state index in [1.807, 2.05) is 13.1 Å². The van der Waals surface area contributed by atoms with Crippen LogP contribution in [0, 0.1) is 0 Å². The van der Waals surface area contributed by atoms with Gasteiger partial charge in [-0.2, -0.15) is 0 Å². The number of hydrogen-bond acceptors (Lipinski definition) is 4. The predicted octanol–water partition coefficient (Wildman–Crippen LogP) is 1.66. The van der Waals surface area contributed by atoms with Gasteiger partial charge in [-0.1, -0.05) is 16.8 Å². The van der Waals surface area contributed by atoms with Crippen molar-refractivity contribution in [3.05, 3.63) is 28.8 Å². The Balaban J connectivity index is 2.23. The minimum absolute atomic E-state index is 0.0512. The first-order valence-electron chi connectivity index (χ1n) is 5.71. The Morgan fingerprint density at radius 2 is 2.39 bits per heavy atom. The molecule has 0 aromatic heterocycles. The second-order valence-corrected chi connectivity index (χ2v) is 4.69. The van der Waals surface area contributed by atoms with Gasteiger partial charge in [0.15, 0.2) is 5.84 Å². The quantitative estimate of drug-likeness (QED) is 0.379. The molecule has 1 aromatic carbocycles. The highest BCUT2D eigenvalue weighted by atomic mass is 35.5. The summed E-state index contributed by atoms with van der Waals surface area (Å²) >= 11 is 6.23. The van der Waals surface area contributed by atoms with Crippen LogP contribution in [0.2, 0.25) is 5.02 Å². The van der Waals surface area contributed by atoms with E-state index in [1.165, 1.54) is 0 Å². The van der Waals surface area contributed by atoms with Gasteiger partial charge in [-0.15, -0.1) is 0 Å². The van der Waals surface area contributed by atoms with Crippen LogP contribution in [0.15, 0.2) is 23.4 Å². The summed E-state index contributed by atoms with van der Waals surface area (Å²) in [5.41, 5.74) is 7.04. The van der Waals surface area contributed by atoms with Gasteiger partial charge < -0.3 is 20.6 Å². The monoisotopic (exact) mass is 269 g/mol. The molecule has 0 spiro atoms. The second kappa shape index (κ2) is 5.46. The number of benzene rings is 1. The summed E-state index contributed by atoms with van der Waals surface area (Å²) in [7, 11) is 1.99. The minimum atomic E-state index is 0.0512. The van der Waals surface area contributed by atoms with E-state index in [0.29, 0.717) is 16.6 Å². The van der Waals surface area contributed by atoms with E-state index in [4.69, 9.17) is 27.3 Å². The number of anilines is 1. The van der Waals surface area contributed by atoms with E-state index in [0.717, 1.165) is 25.3 Å². The van der Waals surface area contributed by atoms with Gasteiger partial charge in [-0.05, 0) is 24.6 Å². The zero-order valence-electron chi connectivity index (χ0n) is 10.1. The molecule has 0 bridgehead atoms. The van der Waals surface area contributed by atoms with Gasteiger partial charge >= 0.3 is 0 Å². The minimum Gasteiger partial charge on any atom is -0.409 e. The van der Waals surface area contributed by atoms with Crippen molar-refractivity contribution in [2.75, 3.05) is 25.2 Å². The lowest BCUT2D eigenvalue weighted by molar-refractivity contribution is 0.193. The fourth-order valence-electron chi connectivity index (χ4n) is 2.03. The Labute approximate surface area is 111 Å².